The first kappa shape index (κ1) is 22.2. The maximum atomic E-state index is 5.77. The molecule has 0 saturated carbocycles. The molecule has 7 nitrogen and oxygen atoms in total. The Labute approximate surface area is 170 Å². The Balaban J connectivity index is 0.00000312. The van der Waals surface area contributed by atoms with Crippen LogP contribution in [0, 0.1) is 0 Å². The van der Waals surface area contributed by atoms with Crippen LogP contribution in [0.15, 0.2) is 23.3 Å². The van der Waals surface area contributed by atoms with E-state index in [2.05, 4.69) is 20.6 Å². The predicted molar refractivity (Wildman–Crippen MR) is 109 cm³/mol. The third-order valence-corrected chi connectivity index (χ3v) is 3.65. The van der Waals surface area contributed by atoms with E-state index in [4.69, 9.17) is 25.8 Å². The standard InChI is InChI=1S/C16H25ClN4O3.HI/c1-18-16(19-6-2-8-23-14-5-9-22-12-14)20-7-10-24-15-4-3-13(17)11-21-15;/h3-4,11,14H,2,5-10,12H2,1H3,(H2,18,19,20);1H. The van der Waals surface area contributed by atoms with E-state index < -0.39 is 0 Å². The van der Waals surface area contributed by atoms with Gasteiger partial charge in [-0.3, -0.25) is 4.99 Å². The van der Waals surface area contributed by atoms with Gasteiger partial charge in [-0.05, 0) is 18.9 Å². The summed E-state index contributed by atoms with van der Waals surface area (Å²) in [7, 11) is 1.74. The summed E-state index contributed by atoms with van der Waals surface area (Å²) in [6.45, 7) is 4.17. The molecule has 0 amide bonds. The van der Waals surface area contributed by atoms with Gasteiger partial charge in [0.2, 0.25) is 5.88 Å². The Bertz CT molecular complexity index is 499. The molecule has 1 aliphatic rings. The average molecular weight is 485 g/mol. The molecule has 1 aliphatic heterocycles. The Morgan fingerprint density at radius 2 is 2.20 bits per heavy atom. The van der Waals surface area contributed by atoms with E-state index >= 15 is 0 Å². The highest BCUT2D eigenvalue weighted by Gasteiger charge is 2.15. The van der Waals surface area contributed by atoms with Gasteiger partial charge in [0, 0.05) is 39.1 Å². The molecule has 25 heavy (non-hydrogen) atoms. The second-order valence-corrected chi connectivity index (χ2v) is 5.74. The molecular weight excluding hydrogens is 459 g/mol. The number of rotatable bonds is 9. The van der Waals surface area contributed by atoms with Gasteiger partial charge in [-0.25, -0.2) is 4.98 Å². The number of halogens is 2. The van der Waals surface area contributed by atoms with Crippen molar-refractivity contribution in [3.8, 4) is 5.88 Å². The maximum absolute atomic E-state index is 5.77. The van der Waals surface area contributed by atoms with Crippen molar-refractivity contribution in [2.24, 2.45) is 4.99 Å². The minimum Gasteiger partial charge on any atom is -0.476 e. The molecule has 2 heterocycles. The molecule has 0 radical (unpaired) electrons. The van der Waals surface area contributed by atoms with Crippen LogP contribution >= 0.6 is 35.6 Å². The molecule has 1 aromatic rings. The van der Waals surface area contributed by atoms with E-state index in [9.17, 15) is 0 Å². The van der Waals surface area contributed by atoms with Gasteiger partial charge < -0.3 is 24.8 Å². The molecule has 1 aromatic heterocycles. The van der Waals surface area contributed by atoms with Crippen LogP contribution in [-0.2, 0) is 9.47 Å². The van der Waals surface area contributed by atoms with Crippen LogP contribution in [0.3, 0.4) is 0 Å². The maximum Gasteiger partial charge on any atom is 0.213 e. The van der Waals surface area contributed by atoms with Gasteiger partial charge in [0.1, 0.15) is 6.61 Å². The minimum atomic E-state index is 0. The van der Waals surface area contributed by atoms with Gasteiger partial charge in [0.05, 0.1) is 24.3 Å². The summed E-state index contributed by atoms with van der Waals surface area (Å²) in [4.78, 5) is 8.23. The van der Waals surface area contributed by atoms with Gasteiger partial charge in [-0.1, -0.05) is 11.6 Å². The lowest BCUT2D eigenvalue weighted by Crippen LogP contribution is -2.40. The summed E-state index contributed by atoms with van der Waals surface area (Å²) >= 11 is 5.77. The highest BCUT2D eigenvalue weighted by atomic mass is 127. The SMILES string of the molecule is CN=C(NCCCOC1CCOC1)NCCOc1ccc(Cl)cn1.I. The lowest BCUT2D eigenvalue weighted by molar-refractivity contribution is 0.0420. The monoisotopic (exact) mass is 484 g/mol. The minimum absolute atomic E-state index is 0. The fourth-order valence-electron chi connectivity index (χ4n) is 2.17. The second kappa shape index (κ2) is 13.4. The lowest BCUT2D eigenvalue weighted by atomic mass is 10.3. The Morgan fingerprint density at radius 3 is 2.88 bits per heavy atom. The molecule has 1 saturated heterocycles. The van der Waals surface area contributed by atoms with Crippen LogP contribution in [0.4, 0.5) is 0 Å². The van der Waals surface area contributed by atoms with E-state index in [1.54, 1.807) is 25.4 Å². The van der Waals surface area contributed by atoms with Crippen molar-refractivity contribution in [2.75, 3.05) is 46.6 Å². The largest absolute Gasteiger partial charge is 0.476 e. The third kappa shape index (κ3) is 9.43. The zero-order chi connectivity index (χ0) is 17.0. The van der Waals surface area contributed by atoms with E-state index in [1.165, 1.54) is 0 Å². The highest BCUT2D eigenvalue weighted by molar-refractivity contribution is 14.0. The Morgan fingerprint density at radius 1 is 1.36 bits per heavy atom. The molecule has 2 N–H and O–H groups in total. The Hall–Kier alpha value is -0.840. The molecule has 0 aliphatic carbocycles. The molecule has 1 atom stereocenters. The fraction of sp³-hybridized carbons (Fsp3) is 0.625. The van der Waals surface area contributed by atoms with Gasteiger partial charge in [-0.15, -0.1) is 24.0 Å². The predicted octanol–water partition coefficient (Wildman–Crippen LogP) is 2.09. The molecule has 142 valence electrons. The van der Waals surface area contributed by atoms with Crippen LogP contribution in [0.1, 0.15) is 12.8 Å². The summed E-state index contributed by atoms with van der Waals surface area (Å²) in [6.07, 6.45) is 3.74. The summed E-state index contributed by atoms with van der Waals surface area (Å²) in [5.74, 6) is 1.30. The van der Waals surface area contributed by atoms with Gasteiger partial charge >= 0.3 is 0 Å². The molecule has 0 spiro atoms. The van der Waals surface area contributed by atoms with Crippen LogP contribution in [0.2, 0.25) is 5.02 Å². The first-order valence-electron chi connectivity index (χ1n) is 8.16. The molecule has 9 heteroatoms. The topological polar surface area (TPSA) is 77.0 Å². The lowest BCUT2D eigenvalue weighted by Gasteiger charge is -2.13. The number of hydrogen-bond donors (Lipinski definition) is 2. The number of hydrogen-bond acceptors (Lipinski definition) is 5. The second-order valence-electron chi connectivity index (χ2n) is 5.30. The number of nitrogens with one attached hydrogen (secondary N) is 2. The molecule has 0 aromatic carbocycles. The van der Waals surface area contributed by atoms with Crippen molar-refractivity contribution < 1.29 is 14.2 Å². The molecular formula is C16H26ClIN4O3. The first-order chi connectivity index (χ1) is 11.8. The van der Waals surface area contributed by atoms with E-state index in [1.807, 2.05) is 0 Å². The normalized spacial score (nSPS) is 17.0. The van der Waals surface area contributed by atoms with E-state index in [0.29, 0.717) is 24.1 Å². The summed E-state index contributed by atoms with van der Waals surface area (Å²) in [5.41, 5.74) is 0. The summed E-state index contributed by atoms with van der Waals surface area (Å²) in [5, 5.41) is 7.01. The van der Waals surface area contributed by atoms with Gasteiger partial charge in [-0.2, -0.15) is 0 Å². The van der Waals surface area contributed by atoms with E-state index in [-0.39, 0.29) is 30.1 Å². The zero-order valence-corrected chi connectivity index (χ0v) is 17.5. The van der Waals surface area contributed by atoms with E-state index in [0.717, 1.165) is 45.2 Å². The Kier molecular flexibility index (Phi) is 11.9. The smallest absolute Gasteiger partial charge is 0.213 e. The van der Waals surface area contributed by atoms with Gasteiger partial charge in [0.15, 0.2) is 5.96 Å². The van der Waals surface area contributed by atoms with Crippen molar-refractivity contribution in [2.45, 2.75) is 18.9 Å². The highest BCUT2D eigenvalue weighted by Crippen LogP contribution is 2.11. The van der Waals surface area contributed by atoms with Crippen molar-refractivity contribution in [3.05, 3.63) is 23.4 Å². The molecule has 1 unspecified atom stereocenters. The summed E-state index contributed by atoms with van der Waals surface area (Å²) in [6, 6.07) is 3.49. The average Bonchev–Trinajstić information content (AvgIpc) is 3.11. The molecule has 1 fully saturated rings. The number of guanidine groups is 1. The number of aromatic nitrogens is 1. The number of nitrogens with zero attached hydrogens (tertiary/aromatic N) is 2. The number of ether oxygens (including phenoxy) is 3. The first-order valence-corrected chi connectivity index (χ1v) is 8.54. The van der Waals surface area contributed by atoms with Crippen molar-refractivity contribution in [1.82, 2.24) is 15.6 Å². The van der Waals surface area contributed by atoms with Crippen LogP contribution in [-0.4, -0.2) is 63.6 Å². The van der Waals surface area contributed by atoms with Crippen LogP contribution in [0.5, 0.6) is 5.88 Å². The molecule has 2 rings (SSSR count). The zero-order valence-electron chi connectivity index (χ0n) is 14.4. The fourth-order valence-corrected chi connectivity index (χ4v) is 2.28. The number of aliphatic imine (C=N–C) groups is 1. The molecule has 0 bridgehead atoms. The summed E-state index contributed by atoms with van der Waals surface area (Å²) < 4.78 is 16.5. The number of pyridine rings is 1. The van der Waals surface area contributed by atoms with Crippen LogP contribution in [0.25, 0.3) is 0 Å². The van der Waals surface area contributed by atoms with Crippen molar-refractivity contribution in [3.63, 3.8) is 0 Å². The quantitative estimate of drug-likeness (QED) is 0.242. The third-order valence-electron chi connectivity index (χ3n) is 3.42. The van der Waals surface area contributed by atoms with Crippen molar-refractivity contribution in [1.29, 1.82) is 0 Å². The van der Waals surface area contributed by atoms with Crippen molar-refractivity contribution >= 4 is 41.5 Å². The van der Waals surface area contributed by atoms with Crippen LogP contribution < -0.4 is 15.4 Å². The van der Waals surface area contributed by atoms with Gasteiger partial charge in [0.25, 0.3) is 0 Å².